The minimum atomic E-state index is -1.50. The number of nitrogens with one attached hydrogen (secondary N) is 2. The summed E-state index contributed by atoms with van der Waals surface area (Å²) in [5, 5.41) is 37.5. The van der Waals surface area contributed by atoms with Gasteiger partial charge in [0.05, 0.1) is 6.61 Å². The molecule has 49 heavy (non-hydrogen) atoms. The SMILES string of the molecule is CCCCCCCCCCCCNC(=O)N(CCCCCCCCCCCC)[C@@H]1O[C@H](CO)[C@@H](O)[C@H](O)[C@@H]1NC(=O)OCc1ccccc1. The van der Waals surface area contributed by atoms with Gasteiger partial charge in [0, 0.05) is 13.1 Å². The molecule has 0 radical (unpaired) electrons. The van der Waals surface area contributed by atoms with Gasteiger partial charge in [-0.2, -0.15) is 0 Å². The van der Waals surface area contributed by atoms with E-state index >= 15 is 0 Å². The summed E-state index contributed by atoms with van der Waals surface area (Å²) in [5.41, 5.74) is 0.795. The van der Waals surface area contributed by atoms with Crippen LogP contribution in [0, 0.1) is 0 Å². The van der Waals surface area contributed by atoms with Crippen molar-refractivity contribution in [1.82, 2.24) is 15.5 Å². The summed E-state index contributed by atoms with van der Waals surface area (Å²) in [5.74, 6) is 0. The lowest BCUT2D eigenvalue weighted by Gasteiger charge is -2.46. The van der Waals surface area contributed by atoms with Crippen molar-refractivity contribution in [2.45, 2.75) is 179 Å². The molecule has 5 N–H and O–H groups in total. The highest BCUT2D eigenvalue weighted by atomic mass is 16.6. The second kappa shape index (κ2) is 27.3. The van der Waals surface area contributed by atoms with E-state index in [-0.39, 0.29) is 12.6 Å². The molecule has 1 aliphatic rings. The normalized spacial score (nSPS) is 20.6. The monoisotopic (exact) mass is 692 g/mol. The average Bonchev–Trinajstić information content (AvgIpc) is 3.11. The van der Waals surface area contributed by atoms with Crippen molar-refractivity contribution in [2.24, 2.45) is 0 Å². The van der Waals surface area contributed by atoms with Gasteiger partial charge in [-0.1, -0.05) is 160 Å². The molecule has 1 aromatic rings. The first-order valence-electron chi connectivity index (χ1n) is 19.6. The Hall–Kier alpha value is -2.40. The molecule has 0 spiro atoms. The minimum Gasteiger partial charge on any atom is -0.445 e. The first kappa shape index (κ1) is 42.8. The molecule has 3 amide bonds. The lowest BCUT2D eigenvalue weighted by molar-refractivity contribution is -0.222. The Balaban J connectivity index is 1.99. The summed E-state index contributed by atoms with van der Waals surface area (Å²) in [4.78, 5) is 28.1. The van der Waals surface area contributed by atoms with E-state index in [1.807, 2.05) is 30.3 Å². The second-order valence-electron chi connectivity index (χ2n) is 13.7. The number of unbranched alkanes of at least 4 members (excludes halogenated alkanes) is 18. The summed E-state index contributed by atoms with van der Waals surface area (Å²) < 4.78 is 11.5. The number of aliphatic hydroxyl groups excluding tert-OH is 3. The van der Waals surface area contributed by atoms with E-state index in [4.69, 9.17) is 9.47 Å². The second-order valence-corrected chi connectivity index (χ2v) is 13.7. The van der Waals surface area contributed by atoms with Crippen LogP contribution in [0.25, 0.3) is 0 Å². The number of alkyl carbamates (subject to hydrolysis) is 1. The van der Waals surface area contributed by atoms with Gasteiger partial charge in [-0.05, 0) is 18.4 Å². The Morgan fingerprint density at radius 3 is 1.78 bits per heavy atom. The van der Waals surface area contributed by atoms with Crippen LogP contribution in [0.4, 0.5) is 9.59 Å². The van der Waals surface area contributed by atoms with Gasteiger partial charge < -0.3 is 35.4 Å². The lowest BCUT2D eigenvalue weighted by Crippen LogP contribution is -2.69. The minimum absolute atomic E-state index is 0.0183. The third-order valence-corrected chi connectivity index (χ3v) is 9.52. The molecule has 5 atom stereocenters. The lowest BCUT2D eigenvalue weighted by atomic mass is 9.95. The fraction of sp³-hybridized carbons (Fsp3) is 0.795. The smallest absolute Gasteiger partial charge is 0.407 e. The van der Waals surface area contributed by atoms with Gasteiger partial charge in [-0.25, -0.2) is 9.59 Å². The highest BCUT2D eigenvalue weighted by Crippen LogP contribution is 2.25. The van der Waals surface area contributed by atoms with Crippen LogP contribution in [0.2, 0.25) is 0 Å². The van der Waals surface area contributed by atoms with Crippen LogP contribution >= 0.6 is 0 Å². The van der Waals surface area contributed by atoms with Crippen LogP contribution in [0.15, 0.2) is 30.3 Å². The number of carbonyl (C=O) groups is 2. The van der Waals surface area contributed by atoms with Gasteiger partial charge in [-0.15, -0.1) is 0 Å². The van der Waals surface area contributed by atoms with E-state index in [1.165, 1.54) is 88.4 Å². The summed E-state index contributed by atoms with van der Waals surface area (Å²) in [6.07, 6.45) is 17.4. The Labute approximate surface area is 296 Å². The van der Waals surface area contributed by atoms with Crippen molar-refractivity contribution in [3.63, 3.8) is 0 Å². The zero-order valence-corrected chi connectivity index (χ0v) is 30.7. The van der Waals surface area contributed by atoms with Gasteiger partial charge in [0.15, 0.2) is 6.23 Å². The summed E-state index contributed by atoms with van der Waals surface area (Å²) >= 11 is 0. The number of benzene rings is 1. The van der Waals surface area contributed by atoms with Gasteiger partial charge >= 0.3 is 12.1 Å². The van der Waals surface area contributed by atoms with Crippen molar-refractivity contribution in [1.29, 1.82) is 0 Å². The molecule has 1 heterocycles. The number of ether oxygens (including phenoxy) is 2. The predicted octanol–water partition coefficient (Wildman–Crippen LogP) is 7.57. The van der Waals surface area contributed by atoms with Crippen LogP contribution in [0.1, 0.15) is 148 Å². The molecule has 1 aliphatic heterocycles. The largest absolute Gasteiger partial charge is 0.445 e. The maximum absolute atomic E-state index is 13.7. The van der Waals surface area contributed by atoms with Crippen LogP contribution in [0.3, 0.4) is 0 Å². The molecular formula is C39H69N3O7. The standard InChI is InChI=1S/C39H69N3O7/c1-3-5-7-9-11-13-15-17-19-24-28-40-38(46)42(29-25-20-18-16-14-12-10-8-6-4-2)37-34(36(45)35(44)33(30-43)49-37)41-39(47)48-31-32-26-22-21-23-27-32/h21-23,26-27,33-37,43-45H,3-20,24-25,28-31H2,1-2H3,(H,40,46)(H,41,47)/t33-,34+,35-,36-,37-/m1/s1. The van der Waals surface area contributed by atoms with Crippen molar-refractivity contribution in [3.8, 4) is 0 Å². The quantitative estimate of drug-likeness (QED) is 0.0600. The van der Waals surface area contributed by atoms with Crippen LogP contribution in [-0.2, 0) is 16.1 Å². The Morgan fingerprint density at radius 2 is 1.24 bits per heavy atom. The fourth-order valence-electron chi connectivity index (χ4n) is 6.44. The third kappa shape index (κ3) is 17.9. The van der Waals surface area contributed by atoms with Crippen molar-refractivity contribution in [3.05, 3.63) is 35.9 Å². The van der Waals surface area contributed by atoms with E-state index in [2.05, 4.69) is 24.5 Å². The zero-order chi connectivity index (χ0) is 35.5. The first-order valence-corrected chi connectivity index (χ1v) is 19.6. The summed E-state index contributed by atoms with van der Waals surface area (Å²) in [6, 6.07) is 7.68. The molecule has 0 bridgehead atoms. The molecule has 0 aliphatic carbocycles. The number of urea groups is 1. The third-order valence-electron chi connectivity index (χ3n) is 9.52. The van der Waals surface area contributed by atoms with Crippen molar-refractivity contribution in [2.75, 3.05) is 19.7 Å². The first-order chi connectivity index (χ1) is 23.9. The van der Waals surface area contributed by atoms with Crippen LogP contribution in [0.5, 0.6) is 0 Å². The maximum atomic E-state index is 13.7. The number of aliphatic hydroxyl groups is 3. The van der Waals surface area contributed by atoms with Gasteiger partial charge in [0.25, 0.3) is 0 Å². The molecule has 10 heteroatoms. The number of hydrogen-bond acceptors (Lipinski definition) is 7. The van der Waals surface area contributed by atoms with E-state index in [0.717, 1.165) is 50.5 Å². The van der Waals surface area contributed by atoms with Gasteiger partial charge in [-0.3, -0.25) is 4.90 Å². The highest BCUT2D eigenvalue weighted by Gasteiger charge is 2.48. The van der Waals surface area contributed by atoms with Crippen molar-refractivity contribution >= 4 is 12.1 Å². The summed E-state index contributed by atoms with van der Waals surface area (Å²) in [7, 11) is 0. The topological polar surface area (TPSA) is 141 Å². The molecule has 0 saturated carbocycles. The van der Waals surface area contributed by atoms with Crippen LogP contribution < -0.4 is 10.6 Å². The Bertz CT molecular complexity index is 969. The molecule has 1 fully saturated rings. The Kier molecular flexibility index (Phi) is 23.9. The number of rotatable bonds is 27. The van der Waals surface area contributed by atoms with Crippen molar-refractivity contribution < 1.29 is 34.4 Å². The van der Waals surface area contributed by atoms with E-state index in [9.17, 15) is 24.9 Å². The van der Waals surface area contributed by atoms with Gasteiger partial charge in [0.1, 0.15) is 31.0 Å². The molecular weight excluding hydrogens is 622 g/mol. The number of hydrogen-bond donors (Lipinski definition) is 5. The molecule has 2 rings (SSSR count). The predicted molar refractivity (Wildman–Crippen MR) is 195 cm³/mol. The zero-order valence-electron chi connectivity index (χ0n) is 30.7. The molecule has 1 aromatic carbocycles. The summed E-state index contributed by atoms with van der Waals surface area (Å²) in [6.45, 7) is 4.77. The fourth-order valence-corrected chi connectivity index (χ4v) is 6.44. The van der Waals surface area contributed by atoms with E-state index in [0.29, 0.717) is 13.1 Å². The molecule has 10 nitrogen and oxygen atoms in total. The number of nitrogens with zero attached hydrogens (tertiary/aromatic N) is 1. The molecule has 282 valence electrons. The highest BCUT2D eigenvalue weighted by molar-refractivity contribution is 5.75. The number of amides is 3. The van der Waals surface area contributed by atoms with Gasteiger partial charge in [0.2, 0.25) is 0 Å². The molecule has 1 saturated heterocycles. The van der Waals surface area contributed by atoms with E-state index < -0.39 is 43.3 Å². The van der Waals surface area contributed by atoms with Crippen LogP contribution in [-0.4, -0.2) is 82.6 Å². The number of carbonyl (C=O) groups excluding carboxylic acids is 2. The van der Waals surface area contributed by atoms with E-state index in [1.54, 1.807) is 0 Å². The Morgan fingerprint density at radius 1 is 0.735 bits per heavy atom. The molecule has 0 aromatic heterocycles. The molecule has 0 unspecified atom stereocenters. The maximum Gasteiger partial charge on any atom is 0.407 e. The average molecular weight is 692 g/mol.